The van der Waals surface area contributed by atoms with Crippen LogP contribution in [0.1, 0.15) is 156 Å². The number of carboxylic acid groups (broad SMARTS) is 3. The van der Waals surface area contributed by atoms with Gasteiger partial charge in [0, 0.05) is 19.3 Å². The van der Waals surface area contributed by atoms with E-state index in [0.717, 1.165) is 19.3 Å². The molecule has 0 fully saturated rings. The number of amides is 3. The van der Waals surface area contributed by atoms with Crippen LogP contribution in [0.4, 0.5) is 0 Å². The fourth-order valence-corrected chi connectivity index (χ4v) is 4.70. The van der Waals surface area contributed by atoms with Crippen molar-refractivity contribution in [3.8, 4) is 0 Å². The summed E-state index contributed by atoms with van der Waals surface area (Å²) in [5.41, 5.74) is 0. The highest BCUT2D eigenvalue weighted by Crippen LogP contribution is 2.14. The van der Waals surface area contributed by atoms with Crippen LogP contribution < -0.4 is 16.0 Å². The van der Waals surface area contributed by atoms with E-state index in [1.807, 2.05) is 13.8 Å². The van der Waals surface area contributed by atoms with E-state index >= 15 is 0 Å². The molecule has 3 amide bonds. The molecule has 0 aliphatic carbocycles. The van der Waals surface area contributed by atoms with Gasteiger partial charge >= 0.3 is 11.9 Å². The van der Waals surface area contributed by atoms with E-state index in [-0.39, 0.29) is 38.6 Å². The smallest absolute Gasteiger partial charge is 0.326 e. The molecule has 3 atom stereocenters. The lowest BCUT2D eigenvalue weighted by molar-refractivity contribution is -0.143. The summed E-state index contributed by atoms with van der Waals surface area (Å²) in [6, 6.07) is -3.48. The zero-order valence-electron chi connectivity index (χ0n) is 29.6. The highest BCUT2D eigenvalue weighted by molar-refractivity contribution is 7.96. The Labute approximate surface area is 292 Å². The van der Waals surface area contributed by atoms with E-state index in [0.29, 0.717) is 6.42 Å². The predicted octanol–water partition coefficient (Wildman–Crippen LogP) is 5.64. The SMILES string of the molecule is CC.CCCCCCCCCCCCCCCCCC(=O)NC(CCC(=O)N[C@@H](CCC(=O)NC(C)C(=O)S)C(=O)O)C(=O)O.O=CO. The maximum atomic E-state index is 12.3. The third kappa shape index (κ3) is 32.8. The second-order valence-corrected chi connectivity index (χ2v) is 11.9. The maximum Gasteiger partial charge on any atom is 0.326 e. The molecule has 14 heteroatoms. The van der Waals surface area contributed by atoms with Crippen molar-refractivity contribution in [2.45, 2.75) is 174 Å². The molecule has 0 aliphatic heterocycles. The van der Waals surface area contributed by atoms with E-state index in [9.17, 15) is 39.0 Å². The van der Waals surface area contributed by atoms with Crippen LogP contribution in [0.15, 0.2) is 0 Å². The molecule has 0 rings (SSSR count). The van der Waals surface area contributed by atoms with Crippen LogP contribution in [0.3, 0.4) is 0 Å². The van der Waals surface area contributed by atoms with Gasteiger partial charge in [-0.25, -0.2) is 9.59 Å². The molecule has 0 saturated heterocycles. The van der Waals surface area contributed by atoms with E-state index in [4.69, 9.17) is 9.90 Å². The molecule has 0 aromatic rings. The summed E-state index contributed by atoms with van der Waals surface area (Å²) < 4.78 is 0. The number of unbranched alkanes of at least 4 members (excludes halogenated alkanes) is 14. The fraction of sp³-hybridized carbons (Fsp3) is 0.794. The van der Waals surface area contributed by atoms with E-state index < -0.39 is 52.9 Å². The highest BCUT2D eigenvalue weighted by Gasteiger charge is 2.25. The third-order valence-electron chi connectivity index (χ3n) is 7.34. The third-order valence-corrected chi connectivity index (χ3v) is 7.73. The normalized spacial score (nSPS) is 12.0. The van der Waals surface area contributed by atoms with Crippen molar-refractivity contribution in [1.82, 2.24) is 16.0 Å². The van der Waals surface area contributed by atoms with Gasteiger partial charge in [-0.05, 0) is 26.2 Å². The molecular weight excluding hydrogens is 642 g/mol. The number of thiol groups is 1. The summed E-state index contributed by atoms with van der Waals surface area (Å²) in [4.78, 5) is 79.0. The molecule has 0 radical (unpaired) electrons. The van der Waals surface area contributed by atoms with Gasteiger partial charge in [-0.2, -0.15) is 0 Å². The Kier molecular flexibility index (Phi) is 36.1. The van der Waals surface area contributed by atoms with Crippen molar-refractivity contribution in [2.24, 2.45) is 0 Å². The molecule has 280 valence electrons. The fourth-order valence-electron chi connectivity index (χ4n) is 4.63. The lowest BCUT2D eigenvalue weighted by atomic mass is 10.0. The van der Waals surface area contributed by atoms with Crippen LogP contribution in [0.25, 0.3) is 0 Å². The van der Waals surface area contributed by atoms with Crippen molar-refractivity contribution >= 4 is 53.9 Å². The number of nitrogens with one attached hydrogen (secondary N) is 3. The van der Waals surface area contributed by atoms with Crippen molar-refractivity contribution in [1.29, 1.82) is 0 Å². The van der Waals surface area contributed by atoms with Gasteiger partial charge in [-0.1, -0.05) is 111 Å². The molecule has 0 bridgehead atoms. The number of rotatable bonds is 28. The quantitative estimate of drug-likeness (QED) is 0.0302. The molecule has 6 N–H and O–H groups in total. The van der Waals surface area contributed by atoms with Gasteiger partial charge in [0.15, 0.2) is 0 Å². The number of hydrogen-bond acceptors (Lipinski definition) is 7. The summed E-state index contributed by atoms with van der Waals surface area (Å²) in [6.45, 7) is 7.42. The number of carbonyl (C=O) groups excluding carboxylic acids is 4. The van der Waals surface area contributed by atoms with Gasteiger partial charge < -0.3 is 31.3 Å². The average Bonchev–Trinajstić information content (AvgIpc) is 3.04. The molecule has 2 unspecified atom stereocenters. The number of aliphatic carboxylic acids is 2. The summed E-state index contributed by atoms with van der Waals surface area (Å²) >= 11 is 3.61. The minimum atomic E-state index is -1.37. The second-order valence-electron chi connectivity index (χ2n) is 11.4. The summed E-state index contributed by atoms with van der Waals surface area (Å²) in [5, 5.41) is 32.2. The van der Waals surface area contributed by atoms with Gasteiger partial charge in [-0.3, -0.25) is 24.0 Å². The monoisotopic (exact) mass is 705 g/mol. The van der Waals surface area contributed by atoms with Crippen molar-refractivity contribution < 1.29 is 48.9 Å². The largest absolute Gasteiger partial charge is 0.483 e. The van der Waals surface area contributed by atoms with Gasteiger partial charge in [-0.15, -0.1) is 12.6 Å². The highest BCUT2D eigenvalue weighted by atomic mass is 32.1. The number of hydrogen-bond donors (Lipinski definition) is 7. The second kappa shape index (κ2) is 35.2. The first-order chi connectivity index (χ1) is 22.9. The van der Waals surface area contributed by atoms with Gasteiger partial charge in [0.2, 0.25) is 22.8 Å². The Hall–Kier alpha value is -3.16. The summed E-state index contributed by atoms with van der Waals surface area (Å²) in [5.74, 6) is -4.32. The first-order valence-electron chi connectivity index (χ1n) is 17.5. The summed E-state index contributed by atoms with van der Waals surface area (Å²) in [6.07, 6.45) is 17.3. The van der Waals surface area contributed by atoms with Crippen LogP contribution >= 0.6 is 12.6 Å². The molecular formula is C34H63N3O10S. The molecule has 0 aromatic heterocycles. The first kappa shape index (κ1) is 49.2. The minimum Gasteiger partial charge on any atom is -0.483 e. The topological polar surface area (TPSA) is 216 Å². The molecule has 0 aromatic carbocycles. The Morgan fingerprint density at radius 3 is 1.19 bits per heavy atom. The average molecular weight is 706 g/mol. The lowest BCUT2D eigenvalue weighted by Gasteiger charge is -2.17. The first-order valence-corrected chi connectivity index (χ1v) is 18.0. The van der Waals surface area contributed by atoms with Crippen LogP contribution in [0.5, 0.6) is 0 Å². The van der Waals surface area contributed by atoms with E-state index in [1.165, 1.54) is 77.6 Å². The standard InChI is InChI=1S/C31H55N3O8S.C2H6.CH2O2/c1-3-4-5-6-7-8-9-10-11-12-13-14-15-16-17-18-26(35)33-24(29(38)39)20-22-28(37)34-25(30(40)41)19-21-27(36)32-23(2)31(42)43;1-2;2-1-3/h23-25H,3-22H2,1-2H3,(H,32,36)(H,33,35)(H,34,37)(H,38,39)(H,40,41)(H,42,43);1-2H3;1H,(H,2,3)/t23?,24?,25-;;/m0../s1. The van der Waals surface area contributed by atoms with Crippen molar-refractivity contribution in [3.63, 3.8) is 0 Å². The molecule has 48 heavy (non-hydrogen) atoms. The van der Waals surface area contributed by atoms with Crippen LogP contribution in [0, 0.1) is 0 Å². The zero-order chi connectivity index (χ0) is 37.2. The zero-order valence-corrected chi connectivity index (χ0v) is 30.5. The Morgan fingerprint density at radius 1 is 0.583 bits per heavy atom. The van der Waals surface area contributed by atoms with Crippen LogP contribution in [0.2, 0.25) is 0 Å². The summed E-state index contributed by atoms with van der Waals surface area (Å²) in [7, 11) is 0. The van der Waals surface area contributed by atoms with E-state index in [2.05, 4.69) is 35.5 Å². The Bertz CT molecular complexity index is 904. The minimum absolute atomic E-state index is 0.203. The molecule has 0 heterocycles. The Morgan fingerprint density at radius 2 is 0.875 bits per heavy atom. The number of carbonyl (C=O) groups is 7. The van der Waals surface area contributed by atoms with Gasteiger partial charge in [0.05, 0.1) is 6.04 Å². The molecule has 0 saturated carbocycles. The maximum absolute atomic E-state index is 12.3. The predicted molar refractivity (Wildman–Crippen MR) is 189 cm³/mol. The van der Waals surface area contributed by atoms with Crippen LogP contribution in [-0.2, 0) is 33.6 Å². The van der Waals surface area contributed by atoms with Crippen molar-refractivity contribution in [3.05, 3.63) is 0 Å². The van der Waals surface area contributed by atoms with E-state index in [1.54, 1.807) is 0 Å². The van der Waals surface area contributed by atoms with Gasteiger partial charge in [0.1, 0.15) is 12.1 Å². The molecule has 0 aliphatic rings. The Balaban J connectivity index is -0.00000381. The molecule has 13 nitrogen and oxygen atoms in total. The molecule has 0 spiro atoms. The van der Waals surface area contributed by atoms with Gasteiger partial charge in [0.25, 0.3) is 6.47 Å². The van der Waals surface area contributed by atoms with Crippen molar-refractivity contribution in [2.75, 3.05) is 0 Å². The van der Waals surface area contributed by atoms with Crippen LogP contribution in [-0.4, -0.2) is 74.7 Å². The number of carboxylic acids is 2. The lowest BCUT2D eigenvalue weighted by Crippen LogP contribution is -2.44.